The lowest BCUT2D eigenvalue weighted by Gasteiger charge is -2.44. The number of aliphatic hydroxyl groups is 4. The molecule has 0 aromatic rings. The van der Waals surface area contributed by atoms with E-state index >= 15 is 0 Å². The average Bonchev–Trinajstić information content (AvgIpc) is 3.06. The average molecular weight is 447 g/mol. The van der Waals surface area contributed by atoms with Gasteiger partial charge in [-0.1, -0.05) is 51.0 Å². The number of rotatable bonds is 7. The number of hydrogen-bond donors (Lipinski definition) is 4. The molecule has 4 N–H and O–H groups in total. The Morgan fingerprint density at radius 1 is 1.22 bits per heavy atom. The smallest absolute Gasteiger partial charge is 0.0862 e. The van der Waals surface area contributed by atoms with Crippen LogP contribution >= 0.6 is 0 Å². The predicted octanol–water partition coefficient (Wildman–Crippen LogP) is 4.92. The Bertz CT molecular complexity index is 730. The molecule has 3 rings (SSSR count). The van der Waals surface area contributed by atoms with Gasteiger partial charge in [-0.05, 0) is 93.1 Å². The van der Waals surface area contributed by atoms with Gasteiger partial charge in [0.25, 0.3) is 0 Å². The Morgan fingerprint density at radius 2 is 1.94 bits per heavy atom. The Hall–Kier alpha value is -0.940. The van der Waals surface area contributed by atoms with Crippen LogP contribution in [0.1, 0.15) is 85.5 Å². The summed E-state index contributed by atoms with van der Waals surface area (Å²) in [5.74, 6) is 1.46. The molecule has 3 fully saturated rings. The molecule has 3 aliphatic carbocycles. The molecule has 7 atom stereocenters. The summed E-state index contributed by atoms with van der Waals surface area (Å²) in [5, 5.41) is 40.3. The van der Waals surface area contributed by atoms with E-state index in [-0.39, 0.29) is 6.61 Å². The van der Waals surface area contributed by atoms with Gasteiger partial charge in [0.15, 0.2) is 0 Å². The van der Waals surface area contributed by atoms with E-state index in [1.807, 2.05) is 13.8 Å². The summed E-state index contributed by atoms with van der Waals surface area (Å²) in [6.45, 7) is 12.5. The number of aliphatic hydroxyl groups excluding tert-OH is 3. The molecule has 4 nitrogen and oxygen atoms in total. The van der Waals surface area contributed by atoms with Gasteiger partial charge >= 0.3 is 0 Å². The van der Waals surface area contributed by atoms with Gasteiger partial charge in [0.05, 0.1) is 24.4 Å². The molecule has 0 heterocycles. The van der Waals surface area contributed by atoms with E-state index in [9.17, 15) is 20.4 Å². The van der Waals surface area contributed by atoms with Gasteiger partial charge in [-0.2, -0.15) is 0 Å². The molecule has 4 heteroatoms. The number of fused-ring (bicyclic) bond motifs is 1. The minimum atomic E-state index is -0.884. The normalized spacial score (nSPS) is 39.5. The molecule has 182 valence electrons. The van der Waals surface area contributed by atoms with Crippen molar-refractivity contribution in [3.05, 3.63) is 35.5 Å². The molecule has 0 radical (unpaired) electrons. The standard InChI is InChI=1S/C28H46O4/c1-18(8-6-14-27(3,4)32)23-12-13-24-20(9-7-15-28(23,24)5)10-11-21-16-25(30)22(17-29)26(31)19(21)2/h10-11,18,22-26,29-32H,2,6-9,12-17H2,1,3-5H3/b20-10+,21-11-/t18-,22-,23+,24-,25+,26+,28+/m0/s1. The van der Waals surface area contributed by atoms with Gasteiger partial charge < -0.3 is 20.4 Å². The Kier molecular flexibility index (Phi) is 8.13. The van der Waals surface area contributed by atoms with Crippen molar-refractivity contribution in [1.82, 2.24) is 0 Å². The van der Waals surface area contributed by atoms with Crippen molar-refractivity contribution in [3.63, 3.8) is 0 Å². The molecule has 0 spiro atoms. The molecular formula is C28H46O4. The maximum absolute atomic E-state index is 10.4. The predicted molar refractivity (Wildman–Crippen MR) is 130 cm³/mol. The van der Waals surface area contributed by atoms with Crippen molar-refractivity contribution in [2.45, 2.75) is 103 Å². The second kappa shape index (κ2) is 10.1. The highest BCUT2D eigenvalue weighted by Crippen LogP contribution is 2.60. The molecule has 0 bridgehead atoms. The monoisotopic (exact) mass is 446 g/mol. The lowest BCUT2D eigenvalue weighted by atomic mass is 9.60. The largest absolute Gasteiger partial charge is 0.396 e. The molecular weight excluding hydrogens is 400 g/mol. The third-order valence-corrected chi connectivity index (χ3v) is 8.98. The van der Waals surface area contributed by atoms with Crippen LogP contribution in [-0.4, -0.2) is 44.8 Å². The van der Waals surface area contributed by atoms with E-state index in [0.29, 0.717) is 29.2 Å². The summed E-state index contributed by atoms with van der Waals surface area (Å²) >= 11 is 0. The van der Waals surface area contributed by atoms with E-state index in [2.05, 4.69) is 32.6 Å². The van der Waals surface area contributed by atoms with E-state index in [0.717, 1.165) is 30.8 Å². The third kappa shape index (κ3) is 5.41. The van der Waals surface area contributed by atoms with Gasteiger partial charge in [-0.25, -0.2) is 0 Å². The zero-order valence-electron chi connectivity index (χ0n) is 20.7. The fourth-order valence-corrected chi connectivity index (χ4v) is 7.04. The zero-order chi connectivity index (χ0) is 23.7. The fraction of sp³-hybridized carbons (Fsp3) is 0.786. The van der Waals surface area contributed by atoms with Crippen LogP contribution in [0.2, 0.25) is 0 Å². The van der Waals surface area contributed by atoms with Crippen LogP contribution in [0.3, 0.4) is 0 Å². The van der Waals surface area contributed by atoms with Gasteiger partial charge in [0, 0.05) is 5.92 Å². The highest BCUT2D eigenvalue weighted by Gasteiger charge is 2.50. The van der Waals surface area contributed by atoms with Crippen LogP contribution in [0.5, 0.6) is 0 Å². The van der Waals surface area contributed by atoms with E-state index < -0.39 is 23.7 Å². The molecule has 0 unspecified atom stereocenters. The van der Waals surface area contributed by atoms with Crippen LogP contribution in [0.25, 0.3) is 0 Å². The van der Waals surface area contributed by atoms with Gasteiger partial charge in [0.1, 0.15) is 0 Å². The van der Waals surface area contributed by atoms with Crippen molar-refractivity contribution in [3.8, 4) is 0 Å². The van der Waals surface area contributed by atoms with Crippen LogP contribution in [0, 0.1) is 29.1 Å². The van der Waals surface area contributed by atoms with Crippen LogP contribution in [-0.2, 0) is 0 Å². The Labute approximate surface area is 195 Å². The van der Waals surface area contributed by atoms with Crippen LogP contribution in [0.15, 0.2) is 35.5 Å². The SMILES string of the molecule is C=C1/C(=C\C=C2/CCC[C@]3(C)[C@@H]([C@@H](C)CCCC(C)(C)O)CC[C@@H]23)C[C@@H](O)[C@H](CO)[C@@H]1O. The van der Waals surface area contributed by atoms with Crippen molar-refractivity contribution in [2.24, 2.45) is 29.1 Å². The maximum Gasteiger partial charge on any atom is 0.0862 e. The maximum atomic E-state index is 10.4. The van der Waals surface area contributed by atoms with Crippen molar-refractivity contribution >= 4 is 0 Å². The highest BCUT2D eigenvalue weighted by atomic mass is 16.3. The lowest BCUT2D eigenvalue weighted by Crippen LogP contribution is -2.40. The Morgan fingerprint density at radius 3 is 2.59 bits per heavy atom. The minimum absolute atomic E-state index is 0.231. The zero-order valence-corrected chi connectivity index (χ0v) is 20.7. The molecule has 0 aromatic carbocycles. The molecule has 0 saturated heterocycles. The molecule has 32 heavy (non-hydrogen) atoms. The van der Waals surface area contributed by atoms with E-state index in [1.54, 1.807) is 0 Å². The van der Waals surface area contributed by atoms with Gasteiger partial charge in [-0.3, -0.25) is 0 Å². The summed E-state index contributed by atoms with van der Waals surface area (Å²) < 4.78 is 0. The van der Waals surface area contributed by atoms with Gasteiger partial charge in [0.2, 0.25) is 0 Å². The quantitative estimate of drug-likeness (QED) is 0.447. The highest BCUT2D eigenvalue weighted by molar-refractivity contribution is 5.39. The van der Waals surface area contributed by atoms with E-state index in [1.165, 1.54) is 37.7 Å². The number of hydrogen-bond acceptors (Lipinski definition) is 4. The summed E-state index contributed by atoms with van der Waals surface area (Å²) in [4.78, 5) is 0. The summed E-state index contributed by atoms with van der Waals surface area (Å²) in [6, 6.07) is 0. The first kappa shape index (κ1) is 25.7. The summed E-state index contributed by atoms with van der Waals surface area (Å²) in [7, 11) is 0. The summed E-state index contributed by atoms with van der Waals surface area (Å²) in [5.41, 5.74) is 2.82. The van der Waals surface area contributed by atoms with Crippen molar-refractivity contribution in [2.75, 3.05) is 6.61 Å². The molecule has 3 saturated carbocycles. The number of allylic oxidation sites excluding steroid dienone is 3. The molecule has 0 amide bonds. The molecule has 3 aliphatic rings. The fourth-order valence-electron chi connectivity index (χ4n) is 7.04. The van der Waals surface area contributed by atoms with E-state index in [4.69, 9.17) is 0 Å². The minimum Gasteiger partial charge on any atom is -0.396 e. The van der Waals surface area contributed by atoms with Gasteiger partial charge in [-0.15, -0.1) is 0 Å². The summed E-state index contributed by atoms with van der Waals surface area (Å²) in [6.07, 6.45) is 12.4. The second-order valence-electron chi connectivity index (χ2n) is 11.8. The first-order valence-electron chi connectivity index (χ1n) is 12.8. The van der Waals surface area contributed by atoms with Crippen LogP contribution < -0.4 is 0 Å². The lowest BCUT2D eigenvalue weighted by molar-refractivity contribution is -0.0105. The Balaban J connectivity index is 1.71. The second-order valence-corrected chi connectivity index (χ2v) is 11.8. The van der Waals surface area contributed by atoms with Crippen molar-refractivity contribution < 1.29 is 20.4 Å². The first-order chi connectivity index (χ1) is 15.0. The molecule has 0 aliphatic heterocycles. The third-order valence-electron chi connectivity index (χ3n) is 8.98. The molecule has 0 aromatic heterocycles. The first-order valence-corrected chi connectivity index (χ1v) is 12.8. The van der Waals surface area contributed by atoms with Crippen LogP contribution in [0.4, 0.5) is 0 Å². The van der Waals surface area contributed by atoms with Crippen molar-refractivity contribution in [1.29, 1.82) is 0 Å². The topological polar surface area (TPSA) is 80.9 Å².